The lowest BCUT2D eigenvalue weighted by Gasteiger charge is -2.57. The molecule has 4 aliphatic carbocycles. The number of fused-ring (bicyclic) bond motifs is 5. The first-order valence-electron chi connectivity index (χ1n) is 8.87. The molecule has 0 aromatic heterocycles. The van der Waals surface area contributed by atoms with Crippen molar-refractivity contribution >= 4 is 0 Å². The van der Waals surface area contributed by atoms with E-state index in [1.54, 1.807) is 0 Å². The number of hydrogen-bond acceptors (Lipinski definition) is 3. The van der Waals surface area contributed by atoms with E-state index in [0.29, 0.717) is 29.6 Å². The highest BCUT2D eigenvalue weighted by Crippen LogP contribution is 2.64. The Kier molecular flexibility index (Phi) is 3.01. The van der Waals surface area contributed by atoms with E-state index in [4.69, 9.17) is 0 Å². The van der Waals surface area contributed by atoms with Crippen LogP contribution in [0.5, 0.6) is 0 Å². The van der Waals surface area contributed by atoms with E-state index in [1.165, 1.54) is 25.7 Å². The van der Waals surface area contributed by atoms with Crippen LogP contribution in [0.3, 0.4) is 0 Å². The fourth-order valence-electron chi connectivity index (χ4n) is 6.35. The van der Waals surface area contributed by atoms with Crippen LogP contribution in [-0.2, 0) is 0 Å². The van der Waals surface area contributed by atoms with Gasteiger partial charge in [0.25, 0.3) is 0 Å². The van der Waals surface area contributed by atoms with Gasteiger partial charge in [-0.2, -0.15) is 0 Å². The van der Waals surface area contributed by atoms with Gasteiger partial charge in [0.05, 0.1) is 0 Å². The molecule has 2 fully saturated rings. The molecule has 122 valence electrons. The highest BCUT2D eigenvalue weighted by atomic mass is 16.3. The predicted molar refractivity (Wildman–Crippen MR) is 85.3 cm³/mol. The Morgan fingerprint density at radius 3 is 2.59 bits per heavy atom. The number of hydrogen-bond donors (Lipinski definition) is 3. The number of aliphatic hydroxyl groups is 3. The van der Waals surface area contributed by atoms with Gasteiger partial charge in [0, 0.05) is 5.41 Å². The molecule has 0 amide bonds. The molecule has 7 atom stereocenters. The minimum absolute atomic E-state index is 0.0530. The van der Waals surface area contributed by atoms with Crippen molar-refractivity contribution in [2.24, 2.45) is 34.5 Å². The molecule has 4 rings (SSSR count). The first-order valence-corrected chi connectivity index (χ1v) is 8.87. The molecule has 0 aromatic rings. The molecule has 0 aromatic carbocycles. The van der Waals surface area contributed by atoms with E-state index in [-0.39, 0.29) is 17.4 Å². The van der Waals surface area contributed by atoms with E-state index >= 15 is 0 Å². The zero-order valence-electron chi connectivity index (χ0n) is 13.6. The van der Waals surface area contributed by atoms with Crippen LogP contribution in [0.1, 0.15) is 52.4 Å². The average molecular weight is 304 g/mol. The fraction of sp³-hybridized carbons (Fsp3) is 0.789. The summed E-state index contributed by atoms with van der Waals surface area (Å²) in [5, 5.41) is 30.8. The van der Waals surface area contributed by atoms with Crippen LogP contribution < -0.4 is 0 Å². The van der Waals surface area contributed by atoms with Gasteiger partial charge >= 0.3 is 0 Å². The number of allylic oxidation sites excluding steroid dienone is 3. The van der Waals surface area contributed by atoms with Gasteiger partial charge < -0.3 is 15.3 Å². The molecule has 2 unspecified atom stereocenters. The molecule has 22 heavy (non-hydrogen) atoms. The molecular formula is C19H28O3. The molecule has 0 bridgehead atoms. The van der Waals surface area contributed by atoms with Gasteiger partial charge in [-0.25, -0.2) is 0 Å². The van der Waals surface area contributed by atoms with Crippen LogP contribution in [-0.4, -0.2) is 21.4 Å². The third-order valence-corrected chi connectivity index (χ3v) is 7.77. The summed E-state index contributed by atoms with van der Waals surface area (Å²) in [6.07, 6.45) is 10.5. The molecule has 2 saturated carbocycles. The lowest BCUT2D eigenvalue weighted by molar-refractivity contribution is -0.0577. The fourth-order valence-corrected chi connectivity index (χ4v) is 6.35. The van der Waals surface area contributed by atoms with E-state index in [2.05, 4.69) is 26.0 Å². The SMILES string of the molecule is C[C@@]12CCC[C@H]1[C@@H]1C=CC3CC(O)C(O)=C(O)[C@]3(C)[C@H]1CC2. The smallest absolute Gasteiger partial charge is 0.159 e. The summed E-state index contributed by atoms with van der Waals surface area (Å²) in [5.41, 5.74) is 0.0525. The quantitative estimate of drug-likeness (QED) is 0.590. The number of aliphatic hydroxyl groups excluding tert-OH is 3. The summed E-state index contributed by atoms with van der Waals surface area (Å²) in [6.45, 7) is 4.55. The zero-order valence-corrected chi connectivity index (χ0v) is 13.6. The minimum atomic E-state index is -0.917. The van der Waals surface area contributed by atoms with Gasteiger partial charge in [-0.1, -0.05) is 32.4 Å². The van der Waals surface area contributed by atoms with Gasteiger partial charge in [0.2, 0.25) is 0 Å². The second-order valence-corrected chi connectivity index (χ2v) is 8.63. The monoisotopic (exact) mass is 304 g/mol. The van der Waals surface area contributed by atoms with Gasteiger partial charge in [0.15, 0.2) is 5.76 Å². The topological polar surface area (TPSA) is 60.7 Å². The van der Waals surface area contributed by atoms with Crippen molar-refractivity contribution in [2.45, 2.75) is 58.5 Å². The molecule has 3 heteroatoms. The molecule has 0 spiro atoms. The van der Waals surface area contributed by atoms with E-state index < -0.39 is 11.5 Å². The lowest BCUT2D eigenvalue weighted by atomic mass is 9.48. The van der Waals surface area contributed by atoms with Crippen LogP contribution in [0.4, 0.5) is 0 Å². The molecule has 0 radical (unpaired) electrons. The van der Waals surface area contributed by atoms with Crippen LogP contribution in [0.25, 0.3) is 0 Å². The summed E-state index contributed by atoms with van der Waals surface area (Å²) < 4.78 is 0. The Bertz CT molecular complexity index is 551. The molecule has 3 nitrogen and oxygen atoms in total. The molecule has 0 aliphatic heterocycles. The lowest BCUT2D eigenvalue weighted by Crippen LogP contribution is -2.52. The van der Waals surface area contributed by atoms with Gasteiger partial charge in [-0.15, -0.1) is 0 Å². The normalized spacial score (nSPS) is 53.9. The Morgan fingerprint density at radius 1 is 1.05 bits per heavy atom. The van der Waals surface area contributed by atoms with Crippen molar-refractivity contribution in [1.29, 1.82) is 0 Å². The largest absolute Gasteiger partial charge is 0.508 e. The minimum Gasteiger partial charge on any atom is -0.508 e. The Hall–Kier alpha value is -0.960. The third kappa shape index (κ3) is 1.66. The first kappa shape index (κ1) is 14.6. The molecule has 4 aliphatic rings. The summed E-state index contributed by atoms with van der Waals surface area (Å²) in [5.74, 6) is 1.60. The van der Waals surface area contributed by atoms with Gasteiger partial charge in [0.1, 0.15) is 11.9 Å². The van der Waals surface area contributed by atoms with E-state index in [9.17, 15) is 15.3 Å². The molecule has 0 saturated heterocycles. The summed E-state index contributed by atoms with van der Waals surface area (Å²) >= 11 is 0. The van der Waals surface area contributed by atoms with Crippen molar-refractivity contribution in [3.8, 4) is 0 Å². The molecular weight excluding hydrogens is 276 g/mol. The summed E-state index contributed by atoms with van der Waals surface area (Å²) in [4.78, 5) is 0. The molecule has 3 N–H and O–H groups in total. The third-order valence-electron chi connectivity index (χ3n) is 7.77. The van der Waals surface area contributed by atoms with Crippen molar-refractivity contribution < 1.29 is 15.3 Å². The Balaban J connectivity index is 1.78. The maximum absolute atomic E-state index is 10.7. The van der Waals surface area contributed by atoms with E-state index in [1.807, 2.05) is 0 Å². The molecule has 0 heterocycles. The predicted octanol–water partition coefficient (Wildman–Crippen LogP) is 4.10. The summed E-state index contributed by atoms with van der Waals surface area (Å²) in [6, 6.07) is 0. The van der Waals surface area contributed by atoms with Crippen LogP contribution in [0, 0.1) is 34.5 Å². The van der Waals surface area contributed by atoms with Gasteiger partial charge in [-0.3, -0.25) is 0 Å². The van der Waals surface area contributed by atoms with Crippen molar-refractivity contribution in [1.82, 2.24) is 0 Å². The standard InChI is InChI=1S/C19H28O3/c1-18-8-3-4-13(18)12-6-5-11-10-15(20)16(21)17(22)19(11,2)14(12)7-9-18/h5-6,11-15,20-22H,3-4,7-10H2,1-2H3/t11?,12-,13-,14-,15?,18-,19-/m0/s1. The van der Waals surface area contributed by atoms with Crippen LogP contribution in [0.2, 0.25) is 0 Å². The second kappa shape index (κ2) is 4.53. The van der Waals surface area contributed by atoms with Crippen molar-refractivity contribution in [3.05, 3.63) is 23.7 Å². The van der Waals surface area contributed by atoms with Crippen LogP contribution >= 0.6 is 0 Å². The Morgan fingerprint density at radius 2 is 1.82 bits per heavy atom. The maximum atomic E-state index is 10.7. The van der Waals surface area contributed by atoms with Gasteiger partial charge in [-0.05, 0) is 61.2 Å². The maximum Gasteiger partial charge on any atom is 0.159 e. The average Bonchev–Trinajstić information content (AvgIpc) is 2.89. The van der Waals surface area contributed by atoms with Crippen LogP contribution in [0.15, 0.2) is 23.7 Å². The number of rotatable bonds is 0. The Labute approximate surface area is 132 Å². The van der Waals surface area contributed by atoms with Crippen molar-refractivity contribution in [2.75, 3.05) is 0 Å². The first-order chi connectivity index (χ1) is 10.4. The zero-order chi connectivity index (χ0) is 15.7. The van der Waals surface area contributed by atoms with Crippen molar-refractivity contribution in [3.63, 3.8) is 0 Å². The summed E-state index contributed by atoms with van der Waals surface area (Å²) in [7, 11) is 0. The highest BCUT2D eigenvalue weighted by molar-refractivity contribution is 5.28. The highest BCUT2D eigenvalue weighted by Gasteiger charge is 2.59. The van der Waals surface area contributed by atoms with E-state index in [0.717, 1.165) is 6.42 Å². The second-order valence-electron chi connectivity index (χ2n) is 8.63.